The van der Waals surface area contributed by atoms with Gasteiger partial charge < -0.3 is 10.1 Å². The second-order valence-electron chi connectivity index (χ2n) is 6.69. The zero-order chi connectivity index (χ0) is 15.5. The first-order valence-electron chi connectivity index (χ1n) is 8.34. The van der Waals surface area contributed by atoms with Crippen molar-refractivity contribution in [3.8, 4) is 0 Å². The van der Waals surface area contributed by atoms with Crippen LogP contribution in [0.15, 0.2) is 6.07 Å². The highest BCUT2D eigenvalue weighted by atomic mass is 32.1. The molecule has 0 spiro atoms. The minimum atomic E-state index is 0.0906. The summed E-state index contributed by atoms with van der Waals surface area (Å²) in [6.45, 7) is 8.81. The zero-order valence-electron chi connectivity index (χ0n) is 13.6. The third-order valence-corrected chi connectivity index (χ3v) is 5.80. The lowest BCUT2D eigenvalue weighted by Gasteiger charge is -2.29. The standard InChI is InChI=1S/C17H26N2O2S/c1-12-3-4-15-14(9-12)10-16(22-15)17(20)18-13(2)11-19-5-7-21-8-6-19/h10,12-13H,3-9,11H2,1-2H3,(H,18,20)/t12-,13+/m0/s1. The highest BCUT2D eigenvalue weighted by Crippen LogP contribution is 2.32. The van der Waals surface area contributed by atoms with Crippen LogP contribution in [0.25, 0.3) is 0 Å². The van der Waals surface area contributed by atoms with E-state index in [1.165, 1.54) is 16.9 Å². The average molecular weight is 322 g/mol. The third kappa shape index (κ3) is 3.89. The second kappa shape index (κ2) is 7.11. The number of rotatable bonds is 4. The molecule has 2 heterocycles. The first-order valence-corrected chi connectivity index (χ1v) is 9.16. The van der Waals surface area contributed by atoms with Crippen molar-refractivity contribution in [2.75, 3.05) is 32.8 Å². The molecule has 1 saturated heterocycles. The molecule has 122 valence electrons. The normalized spacial score (nSPS) is 23.8. The van der Waals surface area contributed by atoms with Crippen LogP contribution in [0, 0.1) is 5.92 Å². The first-order chi connectivity index (χ1) is 10.6. The van der Waals surface area contributed by atoms with Gasteiger partial charge >= 0.3 is 0 Å². The molecule has 1 aromatic rings. The van der Waals surface area contributed by atoms with Crippen molar-refractivity contribution >= 4 is 17.2 Å². The summed E-state index contributed by atoms with van der Waals surface area (Å²) in [4.78, 5) is 17.1. The van der Waals surface area contributed by atoms with Gasteiger partial charge in [-0.25, -0.2) is 0 Å². The molecule has 2 atom stereocenters. The summed E-state index contributed by atoms with van der Waals surface area (Å²) in [6.07, 6.45) is 3.52. The van der Waals surface area contributed by atoms with Crippen molar-refractivity contribution in [3.05, 3.63) is 21.4 Å². The third-order valence-electron chi connectivity index (χ3n) is 4.57. The molecule has 2 aliphatic rings. The molecule has 0 aromatic carbocycles. The Labute approximate surface area is 136 Å². The van der Waals surface area contributed by atoms with Crippen LogP contribution in [0.4, 0.5) is 0 Å². The minimum absolute atomic E-state index is 0.0906. The van der Waals surface area contributed by atoms with Crippen molar-refractivity contribution in [3.63, 3.8) is 0 Å². The van der Waals surface area contributed by atoms with Gasteiger partial charge in [-0.3, -0.25) is 9.69 Å². The highest BCUT2D eigenvalue weighted by molar-refractivity contribution is 7.14. The molecule has 1 aliphatic heterocycles. The average Bonchev–Trinajstić information content (AvgIpc) is 2.91. The fourth-order valence-electron chi connectivity index (χ4n) is 3.33. The molecule has 5 heteroatoms. The van der Waals surface area contributed by atoms with E-state index < -0.39 is 0 Å². The van der Waals surface area contributed by atoms with Crippen LogP contribution in [0.2, 0.25) is 0 Å². The molecule has 1 aromatic heterocycles. The fourth-order valence-corrected chi connectivity index (χ4v) is 4.44. The van der Waals surface area contributed by atoms with Gasteiger partial charge in [0.1, 0.15) is 0 Å². The molecular weight excluding hydrogens is 296 g/mol. The lowest BCUT2D eigenvalue weighted by Crippen LogP contribution is -2.45. The summed E-state index contributed by atoms with van der Waals surface area (Å²) in [5, 5.41) is 3.15. The molecule has 4 nitrogen and oxygen atoms in total. The number of aryl methyl sites for hydroxylation is 1. The topological polar surface area (TPSA) is 41.6 Å². The molecule has 0 bridgehead atoms. The summed E-state index contributed by atoms with van der Waals surface area (Å²) < 4.78 is 5.36. The van der Waals surface area contributed by atoms with Crippen LogP contribution in [0.1, 0.15) is 40.4 Å². The number of nitrogens with zero attached hydrogens (tertiary/aromatic N) is 1. The molecule has 22 heavy (non-hydrogen) atoms. The van der Waals surface area contributed by atoms with Gasteiger partial charge in [-0.1, -0.05) is 6.92 Å². The molecule has 0 radical (unpaired) electrons. The zero-order valence-corrected chi connectivity index (χ0v) is 14.4. The predicted molar refractivity (Wildman–Crippen MR) is 89.7 cm³/mol. The Balaban J connectivity index is 1.55. The summed E-state index contributed by atoms with van der Waals surface area (Å²) in [7, 11) is 0. The molecule has 1 N–H and O–H groups in total. The van der Waals surface area contributed by atoms with E-state index in [0.717, 1.165) is 56.5 Å². The number of ether oxygens (including phenoxy) is 1. The molecule has 0 saturated carbocycles. The maximum Gasteiger partial charge on any atom is 0.261 e. The summed E-state index contributed by atoms with van der Waals surface area (Å²) in [6, 6.07) is 2.29. The van der Waals surface area contributed by atoms with Crippen molar-refractivity contribution in [1.29, 1.82) is 0 Å². The van der Waals surface area contributed by atoms with E-state index in [-0.39, 0.29) is 11.9 Å². The van der Waals surface area contributed by atoms with Gasteiger partial charge in [0.05, 0.1) is 18.1 Å². The monoisotopic (exact) mass is 322 g/mol. The van der Waals surface area contributed by atoms with Gasteiger partial charge in [0.2, 0.25) is 0 Å². The number of amides is 1. The number of carbonyl (C=O) groups is 1. The molecule has 1 amide bonds. The predicted octanol–water partition coefficient (Wildman–Crippen LogP) is 2.32. The Hall–Kier alpha value is -0.910. The smallest absolute Gasteiger partial charge is 0.261 e. The number of carbonyl (C=O) groups excluding carboxylic acids is 1. The number of hydrogen-bond acceptors (Lipinski definition) is 4. The minimum Gasteiger partial charge on any atom is -0.379 e. The van der Waals surface area contributed by atoms with E-state index in [4.69, 9.17) is 4.74 Å². The van der Waals surface area contributed by atoms with Crippen molar-refractivity contribution in [1.82, 2.24) is 10.2 Å². The molecule has 1 fully saturated rings. The molecule has 0 unspecified atom stereocenters. The highest BCUT2D eigenvalue weighted by Gasteiger charge is 2.22. The SMILES string of the molecule is C[C@H]1CCc2sc(C(=O)N[C@H](C)CN3CCOCC3)cc2C1. The van der Waals surface area contributed by atoms with Crippen LogP contribution in [0.3, 0.4) is 0 Å². The molecular formula is C17H26N2O2S. The maximum atomic E-state index is 12.5. The van der Waals surface area contributed by atoms with Crippen LogP contribution in [-0.4, -0.2) is 49.7 Å². The van der Waals surface area contributed by atoms with Gasteiger partial charge in [0, 0.05) is 30.6 Å². The van der Waals surface area contributed by atoms with Gasteiger partial charge in [-0.05, 0) is 43.7 Å². The van der Waals surface area contributed by atoms with Crippen LogP contribution in [-0.2, 0) is 17.6 Å². The largest absolute Gasteiger partial charge is 0.379 e. The summed E-state index contributed by atoms with van der Waals surface area (Å²) in [5.74, 6) is 0.839. The van der Waals surface area contributed by atoms with E-state index in [1.54, 1.807) is 11.3 Å². The number of morpholine rings is 1. The summed E-state index contributed by atoms with van der Waals surface area (Å²) >= 11 is 1.69. The number of nitrogens with one attached hydrogen (secondary N) is 1. The van der Waals surface area contributed by atoms with Crippen LogP contribution in [0.5, 0.6) is 0 Å². The second-order valence-corrected chi connectivity index (χ2v) is 7.83. The quantitative estimate of drug-likeness (QED) is 0.925. The van der Waals surface area contributed by atoms with E-state index in [1.807, 2.05) is 0 Å². The lowest BCUT2D eigenvalue weighted by molar-refractivity contribution is 0.0342. The Kier molecular flexibility index (Phi) is 5.16. The Morgan fingerprint density at radius 1 is 1.50 bits per heavy atom. The molecule has 1 aliphatic carbocycles. The van der Waals surface area contributed by atoms with Crippen LogP contribution >= 0.6 is 11.3 Å². The van der Waals surface area contributed by atoms with Crippen molar-refractivity contribution < 1.29 is 9.53 Å². The van der Waals surface area contributed by atoms with E-state index in [0.29, 0.717) is 0 Å². The van der Waals surface area contributed by atoms with Crippen molar-refractivity contribution in [2.45, 2.75) is 39.2 Å². The Morgan fingerprint density at radius 2 is 2.27 bits per heavy atom. The van der Waals surface area contributed by atoms with Crippen molar-refractivity contribution in [2.24, 2.45) is 5.92 Å². The van der Waals surface area contributed by atoms with Gasteiger partial charge in [-0.2, -0.15) is 0 Å². The summed E-state index contributed by atoms with van der Waals surface area (Å²) in [5.41, 5.74) is 1.40. The number of fused-ring (bicyclic) bond motifs is 1. The van der Waals surface area contributed by atoms with E-state index in [9.17, 15) is 4.79 Å². The lowest BCUT2D eigenvalue weighted by atomic mass is 9.90. The fraction of sp³-hybridized carbons (Fsp3) is 0.706. The van der Waals surface area contributed by atoms with Crippen LogP contribution < -0.4 is 5.32 Å². The number of hydrogen-bond donors (Lipinski definition) is 1. The Morgan fingerprint density at radius 3 is 3.05 bits per heavy atom. The molecule has 3 rings (SSSR count). The number of thiophene rings is 1. The first kappa shape index (κ1) is 16.0. The van der Waals surface area contributed by atoms with Gasteiger partial charge in [-0.15, -0.1) is 11.3 Å². The van der Waals surface area contributed by atoms with Gasteiger partial charge in [0.25, 0.3) is 5.91 Å². The Bertz CT molecular complexity index is 523. The van der Waals surface area contributed by atoms with Gasteiger partial charge in [0.15, 0.2) is 0 Å². The maximum absolute atomic E-state index is 12.5. The van der Waals surface area contributed by atoms with E-state index in [2.05, 4.69) is 30.1 Å². The van der Waals surface area contributed by atoms with E-state index >= 15 is 0 Å².